The lowest BCUT2D eigenvalue weighted by molar-refractivity contribution is 0.583. The van der Waals surface area contributed by atoms with Crippen molar-refractivity contribution in [3.63, 3.8) is 0 Å². The molecule has 0 atom stereocenters. The van der Waals surface area contributed by atoms with Crippen LogP contribution in [0, 0.1) is 5.95 Å². The highest BCUT2D eigenvalue weighted by molar-refractivity contribution is 5.40. The molecule has 0 aliphatic heterocycles. The molecular formula is C8H11FN2. The van der Waals surface area contributed by atoms with Crippen LogP contribution in [0.1, 0.15) is 25.3 Å². The minimum atomic E-state index is -0.521. The van der Waals surface area contributed by atoms with Gasteiger partial charge in [-0.25, -0.2) is 4.98 Å². The number of rotatable bonds is 1. The first-order chi connectivity index (χ1) is 5.11. The number of aromatic nitrogens is 1. The van der Waals surface area contributed by atoms with Crippen LogP contribution >= 0.6 is 0 Å². The van der Waals surface area contributed by atoms with Crippen LogP contribution in [0.2, 0.25) is 0 Å². The second kappa shape index (κ2) is 2.86. The number of pyridine rings is 1. The molecule has 0 unspecified atom stereocenters. The van der Waals surface area contributed by atoms with Gasteiger partial charge in [-0.1, -0.05) is 19.9 Å². The average molecular weight is 154 g/mol. The minimum absolute atomic E-state index is 0.292. The van der Waals surface area contributed by atoms with Crippen molar-refractivity contribution in [2.24, 2.45) is 0 Å². The van der Waals surface area contributed by atoms with E-state index in [1.165, 1.54) is 6.07 Å². The van der Waals surface area contributed by atoms with Crippen LogP contribution < -0.4 is 5.73 Å². The quantitative estimate of drug-likeness (QED) is 0.628. The Labute approximate surface area is 65.3 Å². The number of anilines is 1. The molecule has 0 radical (unpaired) electrons. The summed E-state index contributed by atoms with van der Waals surface area (Å²) in [7, 11) is 0. The van der Waals surface area contributed by atoms with Crippen molar-refractivity contribution in [2.75, 3.05) is 5.73 Å². The van der Waals surface area contributed by atoms with Gasteiger partial charge in [-0.3, -0.25) is 0 Å². The van der Waals surface area contributed by atoms with E-state index in [1.54, 1.807) is 6.07 Å². The molecule has 1 aromatic heterocycles. The Balaban J connectivity index is 3.09. The lowest BCUT2D eigenvalue weighted by atomic mass is 10.1. The zero-order chi connectivity index (χ0) is 8.43. The normalized spacial score (nSPS) is 10.5. The van der Waals surface area contributed by atoms with Crippen molar-refractivity contribution in [2.45, 2.75) is 19.8 Å². The highest BCUT2D eigenvalue weighted by atomic mass is 19.1. The third kappa shape index (κ3) is 1.67. The van der Waals surface area contributed by atoms with Crippen molar-refractivity contribution in [1.82, 2.24) is 4.98 Å². The van der Waals surface area contributed by atoms with E-state index in [4.69, 9.17) is 5.73 Å². The molecule has 0 aliphatic carbocycles. The average Bonchev–Trinajstić information content (AvgIpc) is 1.85. The van der Waals surface area contributed by atoms with Gasteiger partial charge in [0.15, 0.2) is 0 Å². The summed E-state index contributed by atoms with van der Waals surface area (Å²) in [4.78, 5) is 3.51. The molecule has 1 heterocycles. The third-order valence-electron chi connectivity index (χ3n) is 1.55. The van der Waals surface area contributed by atoms with E-state index in [9.17, 15) is 4.39 Å². The molecule has 11 heavy (non-hydrogen) atoms. The zero-order valence-corrected chi connectivity index (χ0v) is 6.63. The second-order valence-corrected chi connectivity index (χ2v) is 2.76. The van der Waals surface area contributed by atoms with Gasteiger partial charge in [0.25, 0.3) is 0 Å². The molecule has 0 spiro atoms. The summed E-state index contributed by atoms with van der Waals surface area (Å²) < 4.78 is 12.4. The number of hydrogen-bond donors (Lipinski definition) is 1. The Hall–Kier alpha value is -1.12. The van der Waals surface area contributed by atoms with Gasteiger partial charge in [0.2, 0.25) is 5.95 Å². The van der Waals surface area contributed by atoms with Crippen molar-refractivity contribution in [3.8, 4) is 0 Å². The van der Waals surface area contributed by atoms with E-state index in [-0.39, 0.29) is 0 Å². The fraction of sp³-hybridized carbons (Fsp3) is 0.375. The van der Waals surface area contributed by atoms with Crippen molar-refractivity contribution < 1.29 is 4.39 Å². The van der Waals surface area contributed by atoms with Crippen LogP contribution in [0.5, 0.6) is 0 Å². The maximum Gasteiger partial charge on any atom is 0.214 e. The maximum absolute atomic E-state index is 12.4. The van der Waals surface area contributed by atoms with Crippen LogP contribution in [-0.4, -0.2) is 4.98 Å². The largest absolute Gasteiger partial charge is 0.383 e. The molecule has 0 aromatic carbocycles. The van der Waals surface area contributed by atoms with Gasteiger partial charge >= 0.3 is 0 Å². The summed E-state index contributed by atoms with van der Waals surface area (Å²) in [5.74, 6) is 0.0648. The second-order valence-electron chi connectivity index (χ2n) is 2.76. The predicted octanol–water partition coefficient (Wildman–Crippen LogP) is 1.93. The number of nitrogens with two attached hydrogens (primary N) is 1. The standard InChI is InChI=1S/C8H11FN2/c1-5(2)6-3-4-7(9)11-8(6)10/h3-5H,1-2H3,(H2,10,11). The highest BCUT2D eigenvalue weighted by Gasteiger charge is 2.05. The molecule has 0 bridgehead atoms. The van der Waals surface area contributed by atoms with E-state index in [0.717, 1.165) is 5.56 Å². The fourth-order valence-corrected chi connectivity index (χ4v) is 0.949. The monoisotopic (exact) mass is 154 g/mol. The van der Waals surface area contributed by atoms with Gasteiger partial charge in [-0.15, -0.1) is 0 Å². The first kappa shape index (κ1) is 7.98. The Bertz CT molecular complexity index is 258. The van der Waals surface area contributed by atoms with E-state index in [1.807, 2.05) is 13.8 Å². The molecule has 2 nitrogen and oxygen atoms in total. The Kier molecular flexibility index (Phi) is 2.08. The summed E-state index contributed by atoms with van der Waals surface area (Å²) in [6.45, 7) is 3.98. The Morgan fingerprint density at radius 2 is 2.09 bits per heavy atom. The van der Waals surface area contributed by atoms with Crippen molar-refractivity contribution in [1.29, 1.82) is 0 Å². The molecule has 1 aromatic rings. The fourth-order valence-electron chi connectivity index (χ4n) is 0.949. The van der Waals surface area contributed by atoms with Gasteiger partial charge in [-0.05, 0) is 17.5 Å². The summed E-state index contributed by atoms with van der Waals surface area (Å²) in [5.41, 5.74) is 6.37. The van der Waals surface area contributed by atoms with E-state index in [2.05, 4.69) is 4.98 Å². The van der Waals surface area contributed by atoms with Crippen LogP contribution in [0.25, 0.3) is 0 Å². The third-order valence-corrected chi connectivity index (χ3v) is 1.55. The lowest BCUT2D eigenvalue weighted by Crippen LogP contribution is -2.00. The Morgan fingerprint density at radius 3 is 2.55 bits per heavy atom. The van der Waals surface area contributed by atoms with Gasteiger partial charge in [0.1, 0.15) is 5.82 Å². The number of halogens is 1. The Morgan fingerprint density at radius 1 is 1.45 bits per heavy atom. The van der Waals surface area contributed by atoms with Crippen molar-refractivity contribution >= 4 is 5.82 Å². The zero-order valence-electron chi connectivity index (χ0n) is 6.63. The summed E-state index contributed by atoms with van der Waals surface area (Å²) in [5, 5.41) is 0. The smallest absolute Gasteiger partial charge is 0.214 e. The molecule has 2 N–H and O–H groups in total. The molecule has 0 aliphatic rings. The summed E-state index contributed by atoms with van der Waals surface area (Å²) >= 11 is 0. The van der Waals surface area contributed by atoms with E-state index < -0.39 is 5.95 Å². The SMILES string of the molecule is CC(C)c1ccc(F)nc1N. The molecule has 0 saturated carbocycles. The molecule has 1 rings (SSSR count). The molecule has 0 amide bonds. The number of hydrogen-bond acceptors (Lipinski definition) is 2. The summed E-state index contributed by atoms with van der Waals surface area (Å²) in [6, 6.07) is 2.99. The first-order valence-electron chi connectivity index (χ1n) is 3.53. The van der Waals surface area contributed by atoms with Crippen LogP contribution in [0.15, 0.2) is 12.1 Å². The van der Waals surface area contributed by atoms with Crippen LogP contribution in [0.3, 0.4) is 0 Å². The van der Waals surface area contributed by atoms with Gasteiger partial charge in [0, 0.05) is 0 Å². The maximum atomic E-state index is 12.4. The first-order valence-corrected chi connectivity index (χ1v) is 3.53. The lowest BCUT2D eigenvalue weighted by Gasteiger charge is -2.06. The highest BCUT2D eigenvalue weighted by Crippen LogP contribution is 2.19. The molecule has 3 heteroatoms. The van der Waals surface area contributed by atoms with Gasteiger partial charge < -0.3 is 5.73 Å². The number of nitrogen functional groups attached to an aromatic ring is 1. The minimum Gasteiger partial charge on any atom is -0.383 e. The van der Waals surface area contributed by atoms with Gasteiger partial charge in [0.05, 0.1) is 0 Å². The number of nitrogens with zero attached hydrogens (tertiary/aromatic N) is 1. The summed E-state index contributed by atoms with van der Waals surface area (Å²) in [6.07, 6.45) is 0. The molecule has 60 valence electrons. The van der Waals surface area contributed by atoms with Crippen LogP contribution in [0.4, 0.5) is 10.2 Å². The van der Waals surface area contributed by atoms with Crippen LogP contribution in [-0.2, 0) is 0 Å². The molecule has 0 saturated heterocycles. The van der Waals surface area contributed by atoms with E-state index in [0.29, 0.717) is 11.7 Å². The van der Waals surface area contributed by atoms with Crippen molar-refractivity contribution in [3.05, 3.63) is 23.6 Å². The molecular weight excluding hydrogens is 143 g/mol. The topological polar surface area (TPSA) is 38.9 Å². The van der Waals surface area contributed by atoms with Gasteiger partial charge in [-0.2, -0.15) is 4.39 Å². The molecule has 0 fully saturated rings. The van der Waals surface area contributed by atoms with E-state index >= 15 is 0 Å². The predicted molar refractivity (Wildman–Crippen MR) is 42.7 cm³/mol.